The molecule has 2 aromatic rings. The Morgan fingerprint density at radius 3 is 3.06 bits per heavy atom. The largest absolute Gasteiger partial charge is 0.417 e. The van der Waals surface area contributed by atoms with Crippen molar-refractivity contribution in [2.45, 2.75) is 5.38 Å². The average Bonchev–Trinajstić information content (AvgIpc) is 2.68. The second kappa shape index (κ2) is 5.56. The Hall–Kier alpha value is -1.30. The summed E-state index contributed by atoms with van der Waals surface area (Å²) < 4.78 is 4.99. The number of nitrogens with one attached hydrogen (secondary N) is 1. The fourth-order valence-electron chi connectivity index (χ4n) is 1.80. The number of rotatable bonds is 5. The normalized spacial score (nSPS) is 13.3. The van der Waals surface area contributed by atoms with E-state index in [1.165, 1.54) is 0 Å². The summed E-state index contributed by atoms with van der Waals surface area (Å²) in [6.45, 7) is 1.29. The number of fused-ring (bicyclic) bond motifs is 1. The molecule has 0 saturated carbocycles. The first kappa shape index (κ1) is 13.1. The molecule has 18 heavy (non-hydrogen) atoms. The highest BCUT2D eigenvalue weighted by Gasteiger charge is 2.12. The highest BCUT2D eigenvalue weighted by atomic mass is 35.5. The van der Waals surface area contributed by atoms with Crippen molar-refractivity contribution in [3.63, 3.8) is 0 Å². The average molecular weight is 271 g/mol. The molecule has 98 valence electrons. The van der Waals surface area contributed by atoms with E-state index in [2.05, 4.69) is 4.98 Å². The summed E-state index contributed by atoms with van der Waals surface area (Å²) in [5, 5.41) is 8.61. The number of hydrogen-bond donors (Lipinski definition) is 2. The van der Waals surface area contributed by atoms with E-state index in [9.17, 15) is 4.79 Å². The number of likely N-dealkylation sites (N-methyl/N-ethyl adjacent to an activating group) is 1. The second-order valence-electron chi connectivity index (χ2n) is 4.22. The Kier molecular flexibility index (Phi) is 4.06. The summed E-state index contributed by atoms with van der Waals surface area (Å²) in [5.74, 6) is -0.467. The molecule has 5 nitrogen and oxygen atoms in total. The molecule has 1 aromatic heterocycles. The summed E-state index contributed by atoms with van der Waals surface area (Å²) in [6, 6.07) is 5.40. The van der Waals surface area contributed by atoms with Crippen LogP contribution >= 0.6 is 11.6 Å². The van der Waals surface area contributed by atoms with E-state index in [0.29, 0.717) is 24.2 Å². The number of nitrogens with zero attached hydrogens (tertiary/aromatic N) is 1. The highest BCUT2D eigenvalue weighted by Crippen LogP contribution is 2.24. The number of H-pyrrole nitrogens is 1. The molecule has 0 radical (unpaired) electrons. The number of hydrogen-bond acceptors (Lipinski definition) is 4. The molecular weight excluding hydrogens is 256 g/mol. The molecule has 2 N–H and O–H groups in total. The lowest BCUT2D eigenvalue weighted by Gasteiger charge is -2.19. The van der Waals surface area contributed by atoms with Gasteiger partial charge in [0.1, 0.15) is 0 Å². The summed E-state index contributed by atoms with van der Waals surface area (Å²) in [7, 11) is 1.89. The van der Waals surface area contributed by atoms with E-state index in [0.717, 1.165) is 5.56 Å². The quantitative estimate of drug-likeness (QED) is 0.804. The highest BCUT2D eigenvalue weighted by molar-refractivity contribution is 6.21. The van der Waals surface area contributed by atoms with Crippen molar-refractivity contribution in [1.29, 1.82) is 0 Å². The Bertz CT molecular complexity index is 578. The van der Waals surface area contributed by atoms with Gasteiger partial charge in [0, 0.05) is 13.1 Å². The molecule has 0 spiro atoms. The van der Waals surface area contributed by atoms with Gasteiger partial charge in [-0.1, -0.05) is 6.07 Å². The number of aliphatic hydroxyl groups excluding tert-OH is 1. The number of aromatic nitrogens is 1. The molecule has 0 aliphatic rings. The number of halogens is 1. The molecule has 0 aliphatic heterocycles. The van der Waals surface area contributed by atoms with Crippen molar-refractivity contribution in [1.82, 2.24) is 9.88 Å². The van der Waals surface area contributed by atoms with Crippen LogP contribution < -0.4 is 5.76 Å². The third-order valence-electron chi connectivity index (χ3n) is 2.76. The summed E-state index contributed by atoms with van der Waals surface area (Å²) in [4.78, 5) is 15.6. The molecule has 0 saturated heterocycles. The van der Waals surface area contributed by atoms with E-state index >= 15 is 0 Å². The topological polar surface area (TPSA) is 69.5 Å². The monoisotopic (exact) mass is 270 g/mol. The molecule has 6 heteroatoms. The molecule has 2 rings (SSSR count). The van der Waals surface area contributed by atoms with Crippen LogP contribution in [0.4, 0.5) is 0 Å². The number of aliphatic hydroxyl groups is 1. The summed E-state index contributed by atoms with van der Waals surface area (Å²) in [6.07, 6.45) is 0. The third kappa shape index (κ3) is 2.93. The van der Waals surface area contributed by atoms with Crippen LogP contribution in [0.25, 0.3) is 11.1 Å². The zero-order valence-corrected chi connectivity index (χ0v) is 10.8. The predicted octanol–water partition coefficient (Wildman–Crippen LogP) is 1.33. The van der Waals surface area contributed by atoms with E-state index in [1.807, 2.05) is 18.0 Å². The minimum Gasteiger partial charge on any atom is -0.408 e. The maximum absolute atomic E-state index is 11.0. The molecular formula is C12H15ClN2O3. The van der Waals surface area contributed by atoms with E-state index in [4.69, 9.17) is 21.1 Å². The smallest absolute Gasteiger partial charge is 0.408 e. The Balaban J connectivity index is 2.17. The maximum atomic E-state index is 11.0. The van der Waals surface area contributed by atoms with E-state index < -0.39 is 5.76 Å². The Morgan fingerprint density at radius 1 is 1.56 bits per heavy atom. The molecule has 0 bridgehead atoms. The minimum absolute atomic E-state index is 0.103. The minimum atomic E-state index is -0.467. The van der Waals surface area contributed by atoms with Crippen molar-refractivity contribution in [3.05, 3.63) is 34.3 Å². The van der Waals surface area contributed by atoms with Crippen molar-refractivity contribution >= 4 is 22.7 Å². The summed E-state index contributed by atoms with van der Waals surface area (Å²) >= 11 is 6.29. The van der Waals surface area contributed by atoms with Crippen molar-refractivity contribution < 1.29 is 9.52 Å². The van der Waals surface area contributed by atoms with Crippen LogP contribution in [0.15, 0.2) is 27.4 Å². The number of aromatic amines is 1. The maximum Gasteiger partial charge on any atom is 0.417 e. The third-order valence-corrected chi connectivity index (χ3v) is 3.15. The van der Waals surface area contributed by atoms with Gasteiger partial charge in [0.2, 0.25) is 0 Å². The van der Waals surface area contributed by atoms with Gasteiger partial charge >= 0.3 is 5.76 Å². The number of alkyl halides is 1. The van der Waals surface area contributed by atoms with Crippen LogP contribution in [-0.4, -0.2) is 41.7 Å². The van der Waals surface area contributed by atoms with Crippen molar-refractivity contribution in [2.75, 3.05) is 26.7 Å². The van der Waals surface area contributed by atoms with Crippen LogP contribution in [-0.2, 0) is 0 Å². The lowest BCUT2D eigenvalue weighted by molar-refractivity contribution is 0.221. The van der Waals surface area contributed by atoms with Gasteiger partial charge in [-0.15, -0.1) is 11.6 Å². The van der Waals surface area contributed by atoms with Crippen LogP contribution in [0.3, 0.4) is 0 Å². The molecule has 0 aliphatic carbocycles. The molecule has 1 unspecified atom stereocenters. The van der Waals surface area contributed by atoms with Gasteiger partial charge in [-0.3, -0.25) is 4.98 Å². The second-order valence-corrected chi connectivity index (χ2v) is 4.75. The van der Waals surface area contributed by atoms with Crippen LogP contribution in [0.2, 0.25) is 0 Å². The lowest BCUT2D eigenvalue weighted by Crippen LogP contribution is -2.25. The zero-order chi connectivity index (χ0) is 13.1. The Morgan fingerprint density at radius 2 is 2.33 bits per heavy atom. The standard InChI is InChI=1S/C12H15ClN2O3/c1-15(4-5-16)7-9(13)8-2-3-10-11(6-8)18-12(17)14-10/h2-3,6,9,16H,4-5,7H2,1H3,(H,14,17). The zero-order valence-electron chi connectivity index (χ0n) is 10.0. The molecule has 1 aromatic carbocycles. The van der Waals surface area contributed by atoms with E-state index in [1.54, 1.807) is 12.1 Å². The summed E-state index contributed by atoms with van der Waals surface area (Å²) in [5.41, 5.74) is 2.06. The van der Waals surface area contributed by atoms with Crippen LogP contribution in [0.5, 0.6) is 0 Å². The van der Waals surface area contributed by atoms with Gasteiger partial charge in [-0.25, -0.2) is 4.79 Å². The SMILES string of the molecule is CN(CCO)CC(Cl)c1ccc2[nH]c(=O)oc2c1. The number of oxazole rings is 1. The molecule has 0 fully saturated rings. The van der Waals surface area contributed by atoms with Gasteiger partial charge < -0.3 is 14.4 Å². The predicted molar refractivity (Wildman–Crippen MR) is 70.0 cm³/mol. The fourth-order valence-corrected chi connectivity index (χ4v) is 2.17. The van der Waals surface area contributed by atoms with Gasteiger partial charge in [0.25, 0.3) is 0 Å². The van der Waals surface area contributed by atoms with Crippen LogP contribution in [0, 0.1) is 0 Å². The first-order valence-corrected chi connectivity index (χ1v) is 6.10. The molecule has 1 heterocycles. The van der Waals surface area contributed by atoms with Crippen molar-refractivity contribution in [3.8, 4) is 0 Å². The van der Waals surface area contributed by atoms with Crippen molar-refractivity contribution in [2.24, 2.45) is 0 Å². The number of benzene rings is 1. The van der Waals surface area contributed by atoms with Crippen LogP contribution in [0.1, 0.15) is 10.9 Å². The Labute approximate surface area is 109 Å². The first-order valence-electron chi connectivity index (χ1n) is 5.66. The fraction of sp³-hybridized carbons (Fsp3) is 0.417. The van der Waals surface area contributed by atoms with Gasteiger partial charge in [-0.05, 0) is 24.7 Å². The van der Waals surface area contributed by atoms with Gasteiger partial charge in [0.05, 0.1) is 17.5 Å². The van der Waals surface area contributed by atoms with Gasteiger partial charge in [-0.2, -0.15) is 0 Å². The first-order chi connectivity index (χ1) is 8.60. The lowest BCUT2D eigenvalue weighted by atomic mass is 10.1. The van der Waals surface area contributed by atoms with E-state index in [-0.39, 0.29) is 12.0 Å². The molecule has 0 amide bonds. The van der Waals surface area contributed by atoms with Gasteiger partial charge in [0.15, 0.2) is 5.58 Å². The molecule has 1 atom stereocenters.